The molecule has 1 atom stereocenters. The Hall–Kier alpha value is -5.64. The highest BCUT2D eigenvalue weighted by Crippen LogP contribution is 2.47. The summed E-state index contributed by atoms with van der Waals surface area (Å²) >= 11 is 0. The van der Waals surface area contributed by atoms with Gasteiger partial charge in [0, 0.05) is 29.5 Å². The maximum absolute atomic E-state index is 13.3. The van der Waals surface area contributed by atoms with Crippen LogP contribution in [0.2, 0.25) is 0 Å². The van der Waals surface area contributed by atoms with Gasteiger partial charge in [-0.1, -0.05) is 24.3 Å². The van der Waals surface area contributed by atoms with Crippen LogP contribution in [0.3, 0.4) is 0 Å². The lowest BCUT2D eigenvalue weighted by Gasteiger charge is -2.26. The van der Waals surface area contributed by atoms with Crippen molar-refractivity contribution in [1.82, 2.24) is 0 Å². The van der Waals surface area contributed by atoms with Crippen molar-refractivity contribution in [3.8, 4) is 51.6 Å². The summed E-state index contributed by atoms with van der Waals surface area (Å²) in [5, 5.41) is 40.9. The normalized spacial score (nSPS) is 14.3. The first kappa shape index (κ1) is 27.5. The van der Waals surface area contributed by atoms with E-state index in [1.54, 1.807) is 31.4 Å². The standard InChI is InChI=1S/C33H26O10/c1-40-20-8-5-17(6-9-20)11-12-41-21-4-2-3-18(13-21)22-15-27(37)42-26-16-25(36)29-30(38)31(39)32(43-33(29)28(22)26)19-7-10-23(34)24(35)14-19/h2-10,13-14,16,22,34-36,39H,11-12,15H2,1H3. The second-order valence-electron chi connectivity index (χ2n) is 10.1. The van der Waals surface area contributed by atoms with Crippen LogP contribution in [0.1, 0.15) is 29.0 Å². The molecule has 0 amide bonds. The molecule has 10 nitrogen and oxygen atoms in total. The van der Waals surface area contributed by atoms with E-state index >= 15 is 0 Å². The van der Waals surface area contributed by atoms with Crippen molar-refractivity contribution in [2.45, 2.75) is 18.8 Å². The highest BCUT2D eigenvalue weighted by Gasteiger charge is 2.34. The molecule has 2 heterocycles. The molecule has 4 N–H and O–H groups in total. The van der Waals surface area contributed by atoms with Crippen LogP contribution in [0.4, 0.5) is 0 Å². The van der Waals surface area contributed by atoms with Crippen molar-refractivity contribution >= 4 is 16.9 Å². The summed E-state index contributed by atoms with van der Waals surface area (Å²) in [5.74, 6) is -2.40. The third kappa shape index (κ3) is 5.14. The zero-order chi connectivity index (χ0) is 30.2. The summed E-state index contributed by atoms with van der Waals surface area (Å²) in [7, 11) is 1.61. The summed E-state index contributed by atoms with van der Waals surface area (Å²) in [6.45, 7) is 0.396. The lowest BCUT2D eigenvalue weighted by molar-refractivity contribution is -0.135. The first-order chi connectivity index (χ1) is 20.7. The second-order valence-corrected chi connectivity index (χ2v) is 10.1. The Morgan fingerprint density at radius 2 is 1.65 bits per heavy atom. The number of fused-ring (bicyclic) bond motifs is 3. The maximum atomic E-state index is 13.3. The Balaban J connectivity index is 1.40. The summed E-state index contributed by atoms with van der Waals surface area (Å²) < 4.78 is 22.7. The van der Waals surface area contributed by atoms with Crippen molar-refractivity contribution < 1.29 is 43.8 Å². The van der Waals surface area contributed by atoms with Gasteiger partial charge in [0.05, 0.1) is 20.1 Å². The smallest absolute Gasteiger partial charge is 0.312 e. The number of phenolic OH excluding ortho intramolecular Hbond substituents is 3. The Bertz CT molecular complexity index is 1920. The van der Waals surface area contributed by atoms with Gasteiger partial charge in [-0.2, -0.15) is 0 Å². The Morgan fingerprint density at radius 3 is 2.40 bits per heavy atom. The van der Waals surface area contributed by atoms with Crippen LogP contribution in [0.25, 0.3) is 22.3 Å². The number of rotatable bonds is 7. The van der Waals surface area contributed by atoms with E-state index < -0.39 is 40.3 Å². The van der Waals surface area contributed by atoms with E-state index in [1.165, 1.54) is 12.1 Å². The van der Waals surface area contributed by atoms with Crippen LogP contribution in [0.5, 0.6) is 40.2 Å². The number of phenols is 3. The van der Waals surface area contributed by atoms with Gasteiger partial charge in [-0.15, -0.1) is 0 Å². The van der Waals surface area contributed by atoms with Gasteiger partial charge in [0.25, 0.3) is 0 Å². The molecule has 218 valence electrons. The molecular weight excluding hydrogens is 556 g/mol. The molecular formula is C33H26O10. The third-order valence-electron chi connectivity index (χ3n) is 7.38. The highest BCUT2D eigenvalue weighted by molar-refractivity contribution is 5.94. The number of esters is 1. The number of hydrogen-bond acceptors (Lipinski definition) is 10. The number of aromatic hydroxyl groups is 4. The topological polar surface area (TPSA) is 156 Å². The molecule has 10 heteroatoms. The lowest BCUT2D eigenvalue weighted by atomic mass is 9.85. The molecule has 43 heavy (non-hydrogen) atoms. The van der Waals surface area contributed by atoms with Gasteiger partial charge < -0.3 is 39.1 Å². The predicted molar refractivity (Wildman–Crippen MR) is 155 cm³/mol. The SMILES string of the molecule is COc1ccc(CCOc2cccc(C3CC(=O)Oc4cc(O)c5c(=O)c(O)c(-c6ccc(O)c(O)c6)oc5c43)c2)cc1. The molecule has 0 radical (unpaired) electrons. The average molecular weight is 583 g/mol. The molecule has 0 fully saturated rings. The van der Waals surface area contributed by atoms with E-state index in [9.17, 15) is 30.0 Å². The first-order valence-corrected chi connectivity index (χ1v) is 13.4. The molecule has 0 saturated carbocycles. The minimum absolute atomic E-state index is 0.00502. The Labute approximate surface area is 244 Å². The van der Waals surface area contributed by atoms with E-state index in [0.717, 1.165) is 23.4 Å². The minimum Gasteiger partial charge on any atom is -0.507 e. The summed E-state index contributed by atoms with van der Waals surface area (Å²) in [6.07, 6.45) is 0.559. The maximum Gasteiger partial charge on any atom is 0.312 e. The van der Waals surface area contributed by atoms with Gasteiger partial charge in [-0.05, 0) is 53.6 Å². The molecule has 5 aromatic rings. The van der Waals surface area contributed by atoms with Gasteiger partial charge in [0.2, 0.25) is 11.2 Å². The molecule has 1 aromatic heterocycles. The monoisotopic (exact) mass is 582 g/mol. The molecule has 1 unspecified atom stereocenters. The van der Waals surface area contributed by atoms with Crippen molar-refractivity contribution in [3.63, 3.8) is 0 Å². The van der Waals surface area contributed by atoms with E-state index in [1.807, 2.05) is 24.3 Å². The molecule has 0 bridgehead atoms. The summed E-state index contributed by atoms with van der Waals surface area (Å²) in [5.41, 5.74) is 1.15. The van der Waals surface area contributed by atoms with Gasteiger partial charge in [0.1, 0.15) is 34.0 Å². The molecule has 0 saturated heterocycles. The van der Waals surface area contributed by atoms with Crippen LogP contribution < -0.4 is 19.6 Å². The molecule has 1 aliphatic heterocycles. The molecule has 4 aromatic carbocycles. The Kier molecular flexibility index (Phi) is 7.03. The average Bonchev–Trinajstić information content (AvgIpc) is 3.00. The first-order valence-electron chi connectivity index (χ1n) is 13.4. The van der Waals surface area contributed by atoms with E-state index in [2.05, 4.69) is 0 Å². The highest BCUT2D eigenvalue weighted by atomic mass is 16.5. The van der Waals surface area contributed by atoms with Crippen LogP contribution in [0, 0.1) is 0 Å². The number of methoxy groups -OCH3 is 1. The van der Waals surface area contributed by atoms with Crippen LogP contribution in [-0.4, -0.2) is 40.1 Å². The van der Waals surface area contributed by atoms with Crippen LogP contribution >= 0.6 is 0 Å². The van der Waals surface area contributed by atoms with E-state index in [4.69, 9.17) is 18.6 Å². The third-order valence-corrected chi connectivity index (χ3v) is 7.38. The van der Waals surface area contributed by atoms with Crippen molar-refractivity contribution in [1.29, 1.82) is 0 Å². The molecule has 6 rings (SSSR count). The van der Waals surface area contributed by atoms with Gasteiger partial charge in [-0.3, -0.25) is 9.59 Å². The minimum atomic E-state index is -0.921. The number of benzene rings is 4. The van der Waals surface area contributed by atoms with Crippen molar-refractivity contribution in [2.75, 3.05) is 13.7 Å². The number of ether oxygens (including phenoxy) is 3. The summed E-state index contributed by atoms with van der Waals surface area (Å²) in [4.78, 5) is 26.0. The number of hydrogen-bond donors (Lipinski definition) is 4. The van der Waals surface area contributed by atoms with E-state index in [0.29, 0.717) is 29.9 Å². The number of carbonyl (C=O) groups excluding carboxylic acids is 1. The zero-order valence-electron chi connectivity index (χ0n) is 22.9. The fraction of sp³-hybridized carbons (Fsp3) is 0.152. The largest absolute Gasteiger partial charge is 0.507 e. The van der Waals surface area contributed by atoms with Gasteiger partial charge >= 0.3 is 5.97 Å². The van der Waals surface area contributed by atoms with Gasteiger partial charge in [-0.25, -0.2) is 0 Å². The zero-order valence-corrected chi connectivity index (χ0v) is 22.9. The molecule has 0 aliphatic carbocycles. The van der Waals surface area contributed by atoms with Gasteiger partial charge in [0.15, 0.2) is 17.3 Å². The van der Waals surface area contributed by atoms with Crippen LogP contribution in [0.15, 0.2) is 82.0 Å². The molecule has 0 spiro atoms. The molecule has 1 aliphatic rings. The van der Waals surface area contributed by atoms with Crippen molar-refractivity contribution in [2.24, 2.45) is 0 Å². The van der Waals surface area contributed by atoms with Crippen LogP contribution in [-0.2, 0) is 11.2 Å². The fourth-order valence-corrected chi connectivity index (χ4v) is 5.23. The fourth-order valence-electron chi connectivity index (χ4n) is 5.23. The number of carbonyl (C=O) groups is 1. The quantitative estimate of drug-likeness (QED) is 0.112. The second kappa shape index (κ2) is 11.0. The predicted octanol–water partition coefficient (Wildman–Crippen LogP) is 5.35. The summed E-state index contributed by atoms with van der Waals surface area (Å²) in [6, 6.07) is 19.7. The van der Waals surface area contributed by atoms with Crippen molar-refractivity contribution in [3.05, 3.63) is 99.7 Å². The van der Waals surface area contributed by atoms with E-state index in [-0.39, 0.29) is 34.5 Å². The lowest BCUT2D eigenvalue weighted by Crippen LogP contribution is -2.22. The Morgan fingerprint density at radius 1 is 0.860 bits per heavy atom.